The molecule has 0 aliphatic carbocycles. The van der Waals surface area contributed by atoms with Gasteiger partial charge in [0.05, 0.1) is 0 Å². The Morgan fingerprint density at radius 1 is 1.31 bits per heavy atom. The van der Waals surface area contributed by atoms with Crippen LogP contribution in [0.2, 0.25) is 0 Å². The van der Waals surface area contributed by atoms with E-state index < -0.39 is 0 Å². The van der Waals surface area contributed by atoms with Crippen LogP contribution in [0.3, 0.4) is 0 Å². The zero-order chi connectivity index (χ0) is 11.8. The molecule has 2 nitrogen and oxygen atoms in total. The first-order chi connectivity index (χ1) is 7.58. The highest BCUT2D eigenvalue weighted by molar-refractivity contribution is 5.85. The predicted octanol–water partition coefficient (Wildman–Crippen LogP) is 2.97. The third kappa shape index (κ3) is 1.74. The standard InChI is InChI=1S/C14H20N2/c1-4-10-5-6-13-11(7-10)12(8-16-13)14(2,3)9-15/h5-8,16H,4,9,15H2,1-3H3. The molecular weight excluding hydrogens is 196 g/mol. The summed E-state index contributed by atoms with van der Waals surface area (Å²) >= 11 is 0. The van der Waals surface area contributed by atoms with Crippen LogP contribution in [0, 0.1) is 0 Å². The summed E-state index contributed by atoms with van der Waals surface area (Å²) in [5, 5.41) is 1.31. The zero-order valence-electron chi connectivity index (χ0n) is 10.3. The minimum atomic E-state index is 0.0324. The van der Waals surface area contributed by atoms with Gasteiger partial charge in [0.25, 0.3) is 0 Å². The Bertz CT molecular complexity index is 494. The van der Waals surface area contributed by atoms with Crippen molar-refractivity contribution in [1.82, 2.24) is 4.98 Å². The van der Waals surface area contributed by atoms with Crippen LogP contribution in [0.5, 0.6) is 0 Å². The molecular formula is C14H20N2. The zero-order valence-corrected chi connectivity index (χ0v) is 10.3. The number of nitrogens with two attached hydrogens (primary N) is 1. The highest BCUT2D eigenvalue weighted by Gasteiger charge is 2.22. The molecule has 3 N–H and O–H groups in total. The fourth-order valence-electron chi connectivity index (χ4n) is 2.06. The lowest BCUT2D eigenvalue weighted by atomic mass is 9.84. The van der Waals surface area contributed by atoms with E-state index in [0.717, 1.165) is 6.42 Å². The number of aryl methyl sites for hydroxylation is 1. The third-order valence-electron chi connectivity index (χ3n) is 3.39. The lowest BCUT2D eigenvalue weighted by Crippen LogP contribution is -2.27. The normalized spacial score (nSPS) is 12.2. The molecule has 1 aromatic heterocycles. The lowest BCUT2D eigenvalue weighted by Gasteiger charge is -2.21. The quantitative estimate of drug-likeness (QED) is 0.813. The Balaban J connectivity index is 2.62. The number of aromatic nitrogens is 1. The van der Waals surface area contributed by atoms with Crippen LogP contribution in [-0.2, 0) is 11.8 Å². The first-order valence-corrected chi connectivity index (χ1v) is 5.89. The Labute approximate surface area is 96.9 Å². The van der Waals surface area contributed by atoms with Crippen LogP contribution in [0.15, 0.2) is 24.4 Å². The average Bonchev–Trinajstić information content (AvgIpc) is 2.72. The summed E-state index contributed by atoms with van der Waals surface area (Å²) in [7, 11) is 0. The average molecular weight is 216 g/mol. The van der Waals surface area contributed by atoms with Crippen molar-refractivity contribution in [3.05, 3.63) is 35.5 Å². The summed E-state index contributed by atoms with van der Waals surface area (Å²) in [4.78, 5) is 3.32. The van der Waals surface area contributed by atoms with Crippen molar-refractivity contribution in [3.63, 3.8) is 0 Å². The molecule has 0 fully saturated rings. The number of nitrogens with one attached hydrogen (secondary N) is 1. The van der Waals surface area contributed by atoms with E-state index >= 15 is 0 Å². The van der Waals surface area contributed by atoms with Gasteiger partial charge in [-0.2, -0.15) is 0 Å². The number of aromatic amines is 1. The molecule has 2 rings (SSSR count). The number of hydrogen-bond donors (Lipinski definition) is 2. The van der Waals surface area contributed by atoms with Crippen LogP contribution >= 0.6 is 0 Å². The third-order valence-corrected chi connectivity index (χ3v) is 3.39. The van der Waals surface area contributed by atoms with Gasteiger partial charge in [0.15, 0.2) is 0 Å². The number of fused-ring (bicyclic) bond motifs is 1. The minimum absolute atomic E-state index is 0.0324. The molecule has 0 radical (unpaired) electrons. The van der Waals surface area contributed by atoms with Gasteiger partial charge in [-0.1, -0.05) is 26.8 Å². The molecule has 0 aliphatic heterocycles. The number of H-pyrrole nitrogens is 1. The van der Waals surface area contributed by atoms with Crippen molar-refractivity contribution >= 4 is 10.9 Å². The fourth-order valence-corrected chi connectivity index (χ4v) is 2.06. The summed E-state index contributed by atoms with van der Waals surface area (Å²) in [6.07, 6.45) is 3.17. The Kier molecular flexibility index (Phi) is 2.76. The van der Waals surface area contributed by atoms with Gasteiger partial charge in [0.2, 0.25) is 0 Å². The molecule has 0 aliphatic rings. The van der Waals surface area contributed by atoms with Gasteiger partial charge in [0, 0.05) is 29.1 Å². The van der Waals surface area contributed by atoms with Gasteiger partial charge >= 0.3 is 0 Å². The van der Waals surface area contributed by atoms with Crippen LogP contribution < -0.4 is 5.73 Å². The van der Waals surface area contributed by atoms with Gasteiger partial charge in [-0.3, -0.25) is 0 Å². The fraction of sp³-hybridized carbons (Fsp3) is 0.429. The number of benzene rings is 1. The molecule has 0 amide bonds. The monoisotopic (exact) mass is 216 g/mol. The van der Waals surface area contributed by atoms with Crippen LogP contribution in [-0.4, -0.2) is 11.5 Å². The second kappa shape index (κ2) is 3.95. The van der Waals surface area contributed by atoms with Gasteiger partial charge in [-0.05, 0) is 29.7 Å². The summed E-state index contributed by atoms with van der Waals surface area (Å²) < 4.78 is 0. The molecule has 1 aromatic carbocycles. The largest absolute Gasteiger partial charge is 0.361 e. The van der Waals surface area contributed by atoms with Crippen molar-refractivity contribution < 1.29 is 0 Å². The van der Waals surface area contributed by atoms with E-state index in [0.29, 0.717) is 6.54 Å². The Hall–Kier alpha value is -1.28. The second-order valence-corrected chi connectivity index (χ2v) is 5.02. The van der Waals surface area contributed by atoms with Crippen LogP contribution in [0.25, 0.3) is 10.9 Å². The van der Waals surface area contributed by atoms with E-state index in [1.807, 2.05) is 0 Å². The van der Waals surface area contributed by atoms with E-state index in [1.165, 1.54) is 22.0 Å². The highest BCUT2D eigenvalue weighted by atomic mass is 14.7. The number of hydrogen-bond acceptors (Lipinski definition) is 1. The summed E-state index contributed by atoms with van der Waals surface area (Å²) in [5.41, 5.74) is 9.78. The van der Waals surface area contributed by atoms with Crippen molar-refractivity contribution in [2.24, 2.45) is 5.73 Å². The molecule has 0 saturated heterocycles. The molecule has 16 heavy (non-hydrogen) atoms. The predicted molar refractivity (Wildman–Crippen MR) is 69.8 cm³/mol. The van der Waals surface area contributed by atoms with Gasteiger partial charge in [0.1, 0.15) is 0 Å². The summed E-state index contributed by atoms with van der Waals surface area (Å²) in [5.74, 6) is 0. The Morgan fingerprint density at radius 3 is 2.69 bits per heavy atom. The summed E-state index contributed by atoms with van der Waals surface area (Å²) in [6.45, 7) is 7.22. The molecule has 1 heterocycles. The van der Waals surface area contributed by atoms with Gasteiger partial charge in [-0.25, -0.2) is 0 Å². The van der Waals surface area contributed by atoms with E-state index in [4.69, 9.17) is 5.73 Å². The maximum absolute atomic E-state index is 5.85. The first kappa shape index (κ1) is 11.2. The molecule has 86 valence electrons. The SMILES string of the molecule is CCc1ccc2[nH]cc(C(C)(C)CN)c2c1. The second-order valence-electron chi connectivity index (χ2n) is 5.02. The van der Waals surface area contributed by atoms with Crippen LogP contribution in [0.4, 0.5) is 0 Å². The summed E-state index contributed by atoms with van der Waals surface area (Å²) in [6, 6.07) is 6.61. The lowest BCUT2D eigenvalue weighted by molar-refractivity contribution is 0.543. The van der Waals surface area contributed by atoms with E-state index in [9.17, 15) is 0 Å². The van der Waals surface area contributed by atoms with Crippen molar-refractivity contribution in [2.75, 3.05) is 6.54 Å². The molecule has 2 aromatic rings. The van der Waals surface area contributed by atoms with Crippen molar-refractivity contribution in [1.29, 1.82) is 0 Å². The van der Waals surface area contributed by atoms with E-state index in [2.05, 4.69) is 50.2 Å². The topological polar surface area (TPSA) is 41.8 Å². The molecule has 0 bridgehead atoms. The van der Waals surface area contributed by atoms with Crippen LogP contribution in [0.1, 0.15) is 31.9 Å². The molecule has 0 unspecified atom stereocenters. The van der Waals surface area contributed by atoms with Crippen molar-refractivity contribution in [2.45, 2.75) is 32.6 Å². The van der Waals surface area contributed by atoms with Gasteiger partial charge < -0.3 is 10.7 Å². The van der Waals surface area contributed by atoms with E-state index in [-0.39, 0.29) is 5.41 Å². The molecule has 0 spiro atoms. The maximum Gasteiger partial charge on any atom is 0.0457 e. The first-order valence-electron chi connectivity index (χ1n) is 5.89. The minimum Gasteiger partial charge on any atom is -0.361 e. The molecule has 0 saturated carbocycles. The van der Waals surface area contributed by atoms with E-state index in [1.54, 1.807) is 0 Å². The molecule has 2 heteroatoms. The van der Waals surface area contributed by atoms with Gasteiger partial charge in [-0.15, -0.1) is 0 Å². The highest BCUT2D eigenvalue weighted by Crippen LogP contribution is 2.30. The number of rotatable bonds is 3. The van der Waals surface area contributed by atoms with Crippen molar-refractivity contribution in [3.8, 4) is 0 Å². The smallest absolute Gasteiger partial charge is 0.0457 e. The Morgan fingerprint density at radius 2 is 2.06 bits per heavy atom. The maximum atomic E-state index is 5.85. The molecule has 0 atom stereocenters.